The molecule has 1 aliphatic heterocycles. The molecule has 7 atom stereocenters. The second-order valence-electron chi connectivity index (χ2n) is 10.2. The number of hydrogen-bond donors (Lipinski definition) is 4. The standard InChI is InChI=1S/C24H30ClFN7O7P/c1-12(2)38-21(35)13(3)32-41(36,40-14-7-5-4-6-8-14)37-9-15-23(10-34)17(26)20(39-24(15,23)28)33-11-29-16-18(27)30-22(25)31-19(16)33/h4-8,11-13,15,17,20,34H,9-10,28H2,1-3H3,(H,32,36)(H2,27,30,31)/t13-,15+,17?,20+,23?,24?,41?/m0/s1. The summed E-state index contributed by atoms with van der Waals surface area (Å²) in [6, 6.07) is 7.05. The normalized spacial score (nSPS) is 29.2. The predicted molar refractivity (Wildman–Crippen MR) is 144 cm³/mol. The first kappa shape index (κ1) is 29.6. The summed E-state index contributed by atoms with van der Waals surface area (Å²) >= 11 is 5.93. The Bertz CT molecular complexity index is 1500. The number of halogens is 2. The second kappa shape index (κ2) is 10.7. The SMILES string of the molecule is CC(C)OC(=O)[C@H](C)NP(=O)(OC[C@H]1C2(N)O[C@@H](n3cnc4c(N)nc(Cl)nc43)C(F)C12CO)Oc1ccccc1. The van der Waals surface area contributed by atoms with Crippen LogP contribution in [0.1, 0.15) is 27.0 Å². The first-order valence-corrected chi connectivity index (χ1v) is 14.6. The summed E-state index contributed by atoms with van der Waals surface area (Å²) in [6.45, 7) is 3.62. The van der Waals surface area contributed by atoms with Crippen LogP contribution in [0.2, 0.25) is 5.28 Å². The highest BCUT2D eigenvalue weighted by atomic mass is 35.5. The Hall–Kier alpha value is -2.91. The molecule has 2 aromatic heterocycles. The zero-order valence-corrected chi connectivity index (χ0v) is 24.0. The Labute approximate surface area is 239 Å². The van der Waals surface area contributed by atoms with Crippen molar-refractivity contribution in [1.82, 2.24) is 24.6 Å². The average Bonchev–Trinajstić information content (AvgIpc) is 3.11. The number of nitrogens with one attached hydrogen (secondary N) is 1. The Morgan fingerprint density at radius 2 is 2.02 bits per heavy atom. The smallest absolute Gasteiger partial charge is 0.459 e. The van der Waals surface area contributed by atoms with Gasteiger partial charge in [0.1, 0.15) is 23.0 Å². The van der Waals surface area contributed by atoms with Gasteiger partial charge in [-0.2, -0.15) is 15.1 Å². The third-order valence-electron chi connectivity index (χ3n) is 7.24. The molecule has 41 heavy (non-hydrogen) atoms. The van der Waals surface area contributed by atoms with Gasteiger partial charge < -0.3 is 30.6 Å². The molecule has 0 amide bonds. The van der Waals surface area contributed by atoms with Gasteiger partial charge in [-0.1, -0.05) is 18.2 Å². The predicted octanol–water partition coefficient (Wildman–Crippen LogP) is 2.33. The lowest BCUT2D eigenvalue weighted by Crippen LogP contribution is -2.37. The maximum Gasteiger partial charge on any atom is 0.459 e. The number of alkyl halides is 1. The quantitative estimate of drug-likeness (QED) is 0.140. The van der Waals surface area contributed by atoms with E-state index in [1.165, 1.54) is 17.8 Å². The summed E-state index contributed by atoms with van der Waals surface area (Å²) in [6.07, 6.45) is -2.36. The number of hydrogen-bond acceptors (Lipinski definition) is 12. The van der Waals surface area contributed by atoms with Gasteiger partial charge in [-0.25, -0.2) is 13.9 Å². The number of imidazole rings is 1. The number of nitrogens with two attached hydrogens (primary N) is 2. The number of fused-ring (bicyclic) bond motifs is 2. The molecule has 17 heteroatoms. The summed E-state index contributed by atoms with van der Waals surface area (Å²) in [7, 11) is -4.27. The van der Waals surface area contributed by atoms with E-state index in [1.807, 2.05) is 0 Å². The zero-order chi connectivity index (χ0) is 29.7. The number of aliphatic hydroxyl groups is 1. The van der Waals surface area contributed by atoms with Crippen molar-refractivity contribution in [3.05, 3.63) is 41.9 Å². The van der Waals surface area contributed by atoms with E-state index in [9.17, 15) is 14.5 Å². The van der Waals surface area contributed by atoms with Crippen LogP contribution in [0.5, 0.6) is 5.75 Å². The molecule has 4 unspecified atom stereocenters. The van der Waals surface area contributed by atoms with E-state index in [-0.39, 0.29) is 28.0 Å². The number of aliphatic hydroxyl groups excluding tert-OH is 1. The number of anilines is 1. The number of aromatic nitrogens is 4. The van der Waals surface area contributed by atoms with Crippen LogP contribution in [0.15, 0.2) is 36.7 Å². The largest absolute Gasteiger partial charge is 0.462 e. The van der Waals surface area contributed by atoms with E-state index in [0.29, 0.717) is 0 Å². The number of ether oxygens (including phenoxy) is 2. The number of nitrogen functional groups attached to an aromatic ring is 1. The summed E-state index contributed by atoms with van der Waals surface area (Å²) < 4.78 is 53.6. The van der Waals surface area contributed by atoms with Gasteiger partial charge in [0.25, 0.3) is 0 Å². The van der Waals surface area contributed by atoms with Gasteiger partial charge in [-0.3, -0.25) is 13.9 Å². The van der Waals surface area contributed by atoms with Crippen LogP contribution >= 0.6 is 19.3 Å². The minimum absolute atomic E-state index is 0.00361. The molecule has 0 bridgehead atoms. The fraction of sp³-hybridized carbons (Fsp3) is 0.500. The number of esters is 1. The van der Waals surface area contributed by atoms with Crippen LogP contribution in [0.3, 0.4) is 0 Å². The van der Waals surface area contributed by atoms with Crippen LogP contribution in [0.25, 0.3) is 11.2 Å². The first-order valence-electron chi connectivity index (χ1n) is 12.7. The van der Waals surface area contributed by atoms with Gasteiger partial charge in [0.2, 0.25) is 5.28 Å². The average molecular weight is 614 g/mol. The van der Waals surface area contributed by atoms with Gasteiger partial charge >= 0.3 is 13.7 Å². The molecule has 222 valence electrons. The van der Waals surface area contributed by atoms with Crippen LogP contribution in [-0.2, 0) is 23.4 Å². The van der Waals surface area contributed by atoms with E-state index >= 15 is 4.39 Å². The lowest BCUT2D eigenvalue weighted by Gasteiger charge is -2.26. The Balaban J connectivity index is 1.36. The van der Waals surface area contributed by atoms with Crippen LogP contribution in [-0.4, -0.2) is 67.9 Å². The van der Waals surface area contributed by atoms with Crippen molar-refractivity contribution in [3.63, 3.8) is 0 Å². The van der Waals surface area contributed by atoms with E-state index in [2.05, 4.69) is 20.0 Å². The van der Waals surface area contributed by atoms with Crippen molar-refractivity contribution in [2.45, 2.75) is 51.0 Å². The molecule has 3 heterocycles. The molecule has 1 aliphatic carbocycles. The topological polar surface area (TPSA) is 199 Å². The van der Waals surface area contributed by atoms with Crippen LogP contribution < -0.4 is 21.1 Å². The van der Waals surface area contributed by atoms with E-state index in [4.69, 9.17) is 41.6 Å². The monoisotopic (exact) mass is 613 g/mol. The summed E-state index contributed by atoms with van der Waals surface area (Å²) in [5, 5.41) is 12.7. The highest BCUT2D eigenvalue weighted by Crippen LogP contribution is 2.72. The first-order chi connectivity index (χ1) is 19.3. The van der Waals surface area contributed by atoms with Crippen LogP contribution in [0, 0.1) is 11.3 Å². The molecule has 3 aromatic rings. The lowest BCUT2D eigenvalue weighted by molar-refractivity contribution is -0.149. The van der Waals surface area contributed by atoms with Crippen molar-refractivity contribution in [2.75, 3.05) is 18.9 Å². The molecule has 0 spiro atoms. The fourth-order valence-corrected chi connectivity index (χ4v) is 6.82. The molecular formula is C24H30ClFN7O7P. The molecule has 1 aromatic carbocycles. The zero-order valence-electron chi connectivity index (χ0n) is 22.3. The van der Waals surface area contributed by atoms with Crippen molar-refractivity contribution in [1.29, 1.82) is 0 Å². The summed E-state index contributed by atoms with van der Waals surface area (Å²) in [4.78, 5) is 24.4. The number of carbonyl (C=O) groups excluding carboxylic acids is 1. The van der Waals surface area contributed by atoms with Crippen LogP contribution in [0.4, 0.5) is 10.2 Å². The molecule has 0 radical (unpaired) electrons. The molecule has 6 N–H and O–H groups in total. The maximum atomic E-state index is 16.1. The van der Waals surface area contributed by atoms with E-state index in [0.717, 1.165) is 0 Å². The highest BCUT2D eigenvalue weighted by molar-refractivity contribution is 7.52. The summed E-state index contributed by atoms with van der Waals surface area (Å²) in [5.41, 5.74) is 9.28. The number of nitrogens with zero attached hydrogens (tertiary/aromatic N) is 4. The molecule has 1 saturated carbocycles. The number of para-hydroxylation sites is 1. The number of carbonyl (C=O) groups is 1. The minimum atomic E-state index is -4.27. The second-order valence-corrected chi connectivity index (χ2v) is 12.2. The van der Waals surface area contributed by atoms with Crippen molar-refractivity contribution in [2.24, 2.45) is 17.1 Å². The Kier molecular flexibility index (Phi) is 7.74. The number of rotatable bonds is 11. The molecule has 14 nitrogen and oxygen atoms in total. The van der Waals surface area contributed by atoms with Gasteiger partial charge in [0.15, 0.2) is 23.9 Å². The Morgan fingerprint density at radius 3 is 2.66 bits per heavy atom. The highest BCUT2D eigenvalue weighted by Gasteiger charge is 2.86. The third-order valence-corrected chi connectivity index (χ3v) is 9.05. The molecular weight excluding hydrogens is 584 g/mol. The van der Waals surface area contributed by atoms with Gasteiger partial charge in [-0.05, 0) is 44.5 Å². The van der Waals surface area contributed by atoms with E-state index < -0.39 is 68.5 Å². The van der Waals surface area contributed by atoms with Gasteiger partial charge in [0.05, 0.1) is 31.1 Å². The van der Waals surface area contributed by atoms with Gasteiger partial charge in [-0.15, -0.1) is 0 Å². The Morgan fingerprint density at radius 1 is 1.32 bits per heavy atom. The minimum Gasteiger partial charge on any atom is -0.462 e. The molecule has 2 aliphatic rings. The third kappa shape index (κ3) is 5.05. The fourth-order valence-electron chi connectivity index (χ4n) is 5.15. The van der Waals surface area contributed by atoms with Crippen molar-refractivity contribution < 1.29 is 37.4 Å². The van der Waals surface area contributed by atoms with E-state index in [1.54, 1.807) is 44.2 Å². The number of benzene rings is 1. The van der Waals surface area contributed by atoms with Crippen molar-refractivity contribution in [3.8, 4) is 5.75 Å². The van der Waals surface area contributed by atoms with Crippen molar-refractivity contribution >= 4 is 42.3 Å². The van der Waals surface area contributed by atoms with Gasteiger partial charge in [0, 0.05) is 5.92 Å². The lowest BCUT2D eigenvalue weighted by atomic mass is 9.97. The molecule has 1 saturated heterocycles. The summed E-state index contributed by atoms with van der Waals surface area (Å²) in [5.74, 6) is -1.44. The molecule has 2 fully saturated rings. The maximum absolute atomic E-state index is 16.1. The molecule has 5 rings (SSSR count).